The third-order valence-electron chi connectivity index (χ3n) is 4.55. The molecule has 6 heteroatoms. The van der Waals surface area contributed by atoms with Crippen molar-refractivity contribution in [2.45, 2.75) is 31.8 Å². The van der Waals surface area contributed by atoms with Crippen molar-refractivity contribution in [2.24, 2.45) is 0 Å². The second-order valence-corrected chi connectivity index (χ2v) is 6.68. The molecule has 0 aliphatic rings. The minimum absolute atomic E-state index is 0.110. The minimum Gasteiger partial charge on any atom is -0.508 e. The molecule has 3 rings (SSSR count). The van der Waals surface area contributed by atoms with Gasteiger partial charge in [-0.2, -0.15) is 0 Å². The lowest BCUT2D eigenvalue weighted by Crippen LogP contribution is -2.48. The van der Waals surface area contributed by atoms with Gasteiger partial charge in [0.2, 0.25) is 12.3 Å². The van der Waals surface area contributed by atoms with E-state index in [2.05, 4.69) is 15.6 Å². The van der Waals surface area contributed by atoms with Crippen LogP contribution in [0, 0.1) is 0 Å². The van der Waals surface area contributed by atoms with E-state index in [0.717, 1.165) is 22.0 Å². The van der Waals surface area contributed by atoms with E-state index in [1.165, 1.54) is 0 Å². The molecule has 1 heterocycles. The fraction of sp³-hybridized carbons (Fsp3) is 0.238. The Balaban J connectivity index is 1.65. The van der Waals surface area contributed by atoms with Crippen LogP contribution < -0.4 is 10.6 Å². The maximum absolute atomic E-state index is 12.7. The molecule has 4 N–H and O–H groups in total. The number of carbonyl (C=O) groups is 2. The van der Waals surface area contributed by atoms with Gasteiger partial charge in [-0.25, -0.2) is 0 Å². The van der Waals surface area contributed by atoms with Gasteiger partial charge in [-0.3, -0.25) is 9.59 Å². The zero-order chi connectivity index (χ0) is 19.2. The van der Waals surface area contributed by atoms with E-state index in [0.29, 0.717) is 19.3 Å². The minimum atomic E-state index is -0.649. The molecule has 0 aliphatic carbocycles. The highest BCUT2D eigenvalue weighted by Gasteiger charge is 2.21. The maximum atomic E-state index is 12.7. The fourth-order valence-electron chi connectivity index (χ4n) is 3.21. The van der Waals surface area contributed by atoms with Crippen molar-refractivity contribution in [3.63, 3.8) is 0 Å². The smallest absolute Gasteiger partial charge is 0.243 e. The number of amides is 2. The van der Waals surface area contributed by atoms with Gasteiger partial charge in [0.1, 0.15) is 11.8 Å². The number of para-hydroxylation sites is 1. The number of nitrogens with one attached hydrogen (secondary N) is 3. The summed E-state index contributed by atoms with van der Waals surface area (Å²) in [5, 5.41) is 16.0. The Kier molecular flexibility index (Phi) is 5.76. The van der Waals surface area contributed by atoms with E-state index in [-0.39, 0.29) is 17.7 Å². The molecule has 3 aromatic rings. The molecule has 0 bridgehead atoms. The number of aromatic amines is 1. The van der Waals surface area contributed by atoms with Crippen LogP contribution in [0.4, 0.5) is 0 Å². The largest absolute Gasteiger partial charge is 0.508 e. The van der Waals surface area contributed by atoms with Crippen LogP contribution in [-0.2, 0) is 22.4 Å². The number of aromatic nitrogens is 1. The van der Waals surface area contributed by atoms with Gasteiger partial charge in [0.25, 0.3) is 0 Å². The second-order valence-electron chi connectivity index (χ2n) is 6.68. The molecule has 0 spiro atoms. The Morgan fingerprint density at radius 1 is 1.15 bits per heavy atom. The molecule has 0 radical (unpaired) electrons. The number of rotatable bonds is 8. The van der Waals surface area contributed by atoms with Gasteiger partial charge in [-0.15, -0.1) is 0 Å². The summed E-state index contributed by atoms with van der Waals surface area (Å²) in [6.45, 7) is 1.91. The molecule has 1 aromatic heterocycles. The monoisotopic (exact) mass is 365 g/mol. The van der Waals surface area contributed by atoms with Crippen LogP contribution >= 0.6 is 0 Å². The van der Waals surface area contributed by atoms with Crippen LogP contribution in [0.3, 0.4) is 0 Å². The predicted molar refractivity (Wildman–Crippen MR) is 104 cm³/mol. The number of carbonyl (C=O) groups excluding carboxylic acids is 2. The number of fused-ring (bicyclic) bond motifs is 1. The van der Waals surface area contributed by atoms with Crippen LogP contribution in [0.1, 0.15) is 18.1 Å². The highest BCUT2D eigenvalue weighted by Crippen LogP contribution is 2.19. The molecule has 0 fully saturated rings. The van der Waals surface area contributed by atoms with Crippen molar-refractivity contribution in [1.29, 1.82) is 0 Å². The first-order chi connectivity index (χ1) is 13.1. The van der Waals surface area contributed by atoms with E-state index in [4.69, 9.17) is 0 Å². The van der Waals surface area contributed by atoms with Crippen LogP contribution in [0.25, 0.3) is 10.9 Å². The lowest BCUT2D eigenvalue weighted by atomic mass is 10.0. The number of phenolic OH excluding ortho intramolecular Hbond substituents is 1. The highest BCUT2D eigenvalue weighted by atomic mass is 16.3. The standard InChI is InChI=1S/C21H23N3O3/c1-14(10-15-6-8-17(26)9-7-15)24-21(27)20(23-13-25)11-16-12-22-19-5-3-2-4-18(16)19/h2-9,12-14,20,22,26H,10-11H2,1H3,(H,23,25)(H,24,27)/t14-,20+/m1/s1. The first-order valence-corrected chi connectivity index (χ1v) is 8.90. The highest BCUT2D eigenvalue weighted by molar-refractivity contribution is 5.87. The maximum Gasteiger partial charge on any atom is 0.243 e. The molecule has 0 saturated heterocycles. The lowest BCUT2D eigenvalue weighted by molar-refractivity contribution is -0.125. The van der Waals surface area contributed by atoms with Crippen molar-refractivity contribution in [3.05, 3.63) is 65.9 Å². The number of hydrogen-bond donors (Lipinski definition) is 4. The van der Waals surface area contributed by atoms with Crippen LogP contribution in [-0.4, -0.2) is 34.5 Å². The molecule has 2 aromatic carbocycles. The average molecular weight is 365 g/mol. The summed E-state index contributed by atoms with van der Waals surface area (Å²) in [4.78, 5) is 26.8. The Bertz CT molecular complexity index is 918. The molecule has 0 saturated carbocycles. The van der Waals surface area contributed by atoms with Crippen LogP contribution in [0.5, 0.6) is 5.75 Å². The number of aromatic hydroxyl groups is 1. The van der Waals surface area contributed by atoms with Gasteiger partial charge in [-0.05, 0) is 42.7 Å². The van der Waals surface area contributed by atoms with Crippen LogP contribution in [0.15, 0.2) is 54.7 Å². The lowest BCUT2D eigenvalue weighted by Gasteiger charge is -2.20. The molecule has 2 atom stereocenters. The molecular formula is C21H23N3O3. The van der Waals surface area contributed by atoms with E-state index < -0.39 is 6.04 Å². The summed E-state index contributed by atoms with van der Waals surface area (Å²) in [6.07, 6.45) is 3.47. The van der Waals surface area contributed by atoms with Gasteiger partial charge >= 0.3 is 0 Å². The topological polar surface area (TPSA) is 94.2 Å². The summed E-state index contributed by atoms with van der Waals surface area (Å²) in [7, 11) is 0. The normalized spacial score (nSPS) is 13.1. The third kappa shape index (κ3) is 4.67. The summed E-state index contributed by atoms with van der Waals surface area (Å²) >= 11 is 0. The van der Waals surface area contributed by atoms with E-state index >= 15 is 0 Å². The zero-order valence-corrected chi connectivity index (χ0v) is 15.1. The van der Waals surface area contributed by atoms with Gasteiger partial charge in [0, 0.05) is 29.6 Å². The Morgan fingerprint density at radius 2 is 1.89 bits per heavy atom. The van der Waals surface area contributed by atoms with Gasteiger partial charge in [-0.1, -0.05) is 30.3 Å². The van der Waals surface area contributed by atoms with E-state index in [1.54, 1.807) is 12.1 Å². The molecule has 140 valence electrons. The summed E-state index contributed by atoms with van der Waals surface area (Å²) in [5.41, 5.74) is 2.99. The first-order valence-electron chi connectivity index (χ1n) is 8.90. The van der Waals surface area contributed by atoms with E-state index in [9.17, 15) is 14.7 Å². The SMILES string of the molecule is C[C@H](Cc1ccc(O)cc1)NC(=O)[C@H](Cc1c[nH]c2ccccc12)NC=O. The molecule has 0 aliphatic heterocycles. The summed E-state index contributed by atoms with van der Waals surface area (Å²) in [5.74, 6) is -0.0110. The van der Waals surface area contributed by atoms with Crippen molar-refractivity contribution >= 4 is 23.2 Å². The van der Waals surface area contributed by atoms with Crippen molar-refractivity contribution in [1.82, 2.24) is 15.6 Å². The molecule has 2 amide bonds. The van der Waals surface area contributed by atoms with Crippen molar-refractivity contribution in [2.75, 3.05) is 0 Å². The summed E-state index contributed by atoms with van der Waals surface area (Å²) in [6, 6.07) is 14.0. The first kappa shape index (κ1) is 18.5. The number of phenols is 1. The predicted octanol–water partition coefficient (Wildman–Crippen LogP) is 2.28. The molecule has 27 heavy (non-hydrogen) atoms. The zero-order valence-electron chi connectivity index (χ0n) is 15.1. The van der Waals surface area contributed by atoms with Gasteiger partial charge in [0.15, 0.2) is 0 Å². The molecular weight excluding hydrogens is 342 g/mol. The van der Waals surface area contributed by atoms with Crippen LogP contribution in [0.2, 0.25) is 0 Å². The number of hydrogen-bond acceptors (Lipinski definition) is 3. The van der Waals surface area contributed by atoms with Crippen molar-refractivity contribution < 1.29 is 14.7 Å². The molecule has 0 unspecified atom stereocenters. The quantitative estimate of drug-likeness (QED) is 0.461. The Labute approximate surface area is 157 Å². The second kappa shape index (κ2) is 8.40. The average Bonchev–Trinajstić information content (AvgIpc) is 3.06. The fourth-order valence-corrected chi connectivity index (χ4v) is 3.21. The van der Waals surface area contributed by atoms with E-state index in [1.807, 2.05) is 49.5 Å². The Hall–Kier alpha value is -3.28. The number of H-pyrrole nitrogens is 1. The van der Waals surface area contributed by atoms with Crippen molar-refractivity contribution in [3.8, 4) is 5.75 Å². The molecule has 6 nitrogen and oxygen atoms in total. The van der Waals surface area contributed by atoms with Gasteiger partial charge < -0.3 is 20.7 Å². The number of benzene rings is 2. The van der Waals surface area contributed by atoms with Gasteiger partial charge in [0.05, 0.1) is 0 Å². The summed E-state index contributed by atoms with van der Waals surface area (Å²) < 4.78 is 0. The Morgan fingerprint density at radius 3 is 2.63 bits per heavy atom. The third-order valence-corrected chi connectivity index (χ3v) is 4.55.